The summed E-state index contributed by atoms with van der Waals surface area (Å²) in [6.45, 7) is 6.25. The van der Waals surface area contributed by atoms with Crippen molar-refractivity contribution in [2.75, 3.05) is 0 Å². The molecule has 2 aromatic carbocycles. The smallest absolute Gasteiger partial charge is 0.412 e. The third-order valence-electron chi connectivity index (χ3n) is 3.21. The molecule has 6 heteroatoms. The molecular formula is C18H17O5P. The molecule has 0 aliphatic rings. The highest BCUT2D eigenvalue weighted by Crippen LogP contribution is 2.50. The monoisotopic (exact) mass is 344 g/mol. The van der Waals surface area contributed by atoms with Gasteiger partial charge in [-0.25, -0.2) is 4.57 Å². The van der Waals surface area contributed by atoms with Crippen LogP contribution in [0.3, 0.4) is 0 Å². The number of ketones is 2. The molecule has 0 radical (unpaired) electrons. The van der Waals surface area contributed by atoms with Crippen molar-refractivity contribution in [1.29, 1.82) is 0 Å². The van der Waals surface area contributed by atoms with Gasteiger partial charge in [0.2, 0.25) is 0 Å². The maximum absolute atomic E-state index is 12.9. The van der Waals surface area contributed by atoms with Crippen LogP contribution < -0.4 is 9.05 Å². The van der Waals surface area contributed by atoms with E-state index in [0.717, 1.165) is 5.82 Å². The minimum atomic E-state index is -3.82. The number of hydrogen-bond donors (Lipinski definition) is 0. The molecule has 0 N–H and O–H groups in total. The van der Waals surface area contributed by atoms with E-state index >= 15 is 0 Å². The Hall–Kier alpha value is -2.65. The molecule has 2 aromatic rings. The van der Waals surface area contributed by atoms with Gasteiger partial charge in [0.05, 0.1) is 11.1 Å². The average molecular weight is 344 g/mol. The zero-order chi connectivity index (χ0) is 17.7. The predicted molar refractivity (Wildman–Crippen MR) is 92.0 cm³/mol. The molecule has 5 nitrogen and oxygen atoms in total. The van der Waals surface area contributed by atoms with Gasteiger partial charge in [0.1, 0.15) is 11.5 Å². The van der Waals surface area contributed by atoms with Crippen molar-refractivity contribution in [2.45, 2.75) is 13.8 Å². The third-order valence-corrected chi connectivity index (χ3v) is 4.56. The van der Waals surface area contributed by atoms with Crippen LogP contribution in [-0.2, 0) is 4.57 Å². The third kappa shape index (κ3) is 4.00. The lowest BCUT2D eigenvalue weighted by atomic mass is 10.1. The van der Waals surface area contributed by atoms with Crippen molar-refractivity contribution in [3.8, 4) is 11.5 Å². The minimum absolute atomic E-state index is 0.133. The highest BCUT2D eigenvalue weighted by atomic mass is 31.2. The molecule has 0 saturated heterocycles. The summed E-state index contributed by atoms with van der Waals surface area (Å²) >= 11 is 0. The average Bonchev–Trinajstić information content (AvgIpc) is 2.55. The van der Waals surface area contributed by atoms with Gasteiger partial charge in [0, 0.05) is 5.82 Å². The van der Waals surface area contributed by atoms with Crippen LogP contribution in [0.1, 0.15) is 34.6 Å². The fraction of sp³-hybridized carbons (Fsp3) is 0.111. The van der Waals surface area contributed by atoms with E-state index in [1.165, 1.54) is 26.0 Å². The summed E-state index contributed by atoms with van der Waals surface area (Å²) in [5.41, 5.74) is 0.561. The molecule has 0 spiro atoms. The van der Waals surface area contributed by atoms with Crippen molar-refractivity contribution in [1.82, 2.24) is 0 Å². The molecule has 0 saturated carbocycles. The molecular weight excluding hydrogens is 327 g/mol. The zero-order valence-corrected chi connectivity index (χ0v) is 14.3. The zero-order valence-electron chi connectivity index (χ0n) is 13.4. The second-order valence-corrected chi connectivity index (χ2v) is 6.82. The Morgan fingerprint density at radius 2 is 1.25 bits per heavy atom. The first kappa shape index (κ1) is 17.7. The van der Waals surface area contributed by atoms with E-state index in [-0.39, 0.29) is 34.2 Å². The van der Waals surface area contributed by atoms with Crippen molar-refractivity contribution in [3.05, 3.63) is 72.1 Å². The molecule has 0 aliphatic heterocycles. The van der Waals surface area contributed by atoms with Gasteiger partial charge in [-0.05, 0) is 38.1 Å². The standard InChI is InChI=1S/C18H17O5P/c1-4-24(21,22-17-11-7-5-9-15(17)13(2)19)23-18-12-8-6-10-16(18)14(3)20/h4-12H,1H2,2-3H3. The summed E-state index contributed by atoms with van der Waals surface area (Å²) < 4.78 is 23.8. The first-order valence-corrected chi connectivity index (χ1v) is 8.80. The van der Waals surface area contributed by atoms with E-state index in [9.17, 15) is 14.2 Å². The van der Waals surface area contributed by atoms with Crippen LogP contribution >= 0.6 is 7.60 Å². The fourth-order valence-electron chi connectivity index (χ4n) is 2.04. The van der Waals surface area contributed by atoms with Crippen molar-refractivity contribution in [2.24, 2.45) is 0 Å². The number of carbonyl (C=O) groups is 2. The van der Waals surface area contributed by atoms with Gasteiger partial charge in [-0.15, -0.1) is 0 Å². The molecule has 0 bridgehead atoms. The molecule has 0 heterocycles. The maximum Gasteiger partial charge on any atom is 0.455 e. The van der Waals surface area contributed by atoms with E-state index < -0.39 is 7.60 Å². The number of benzene rings is 2. The van der Waals surface area contributed by atoms with Crippen molar-refractivity contribution >= 4 is 19.2 Å². The van der Waals surface area contributed by atoms with E-state index in [1.807, 2.05) is 0 Å². The normalized spacial score (nSPS) is 10.8. The minimum Gasteiger partial charge on any atom is -0.412 e. The molecule has 0 amide bonds. The molecule has 0 unspecified atom stereocenters. The molecule has 0 aromatic heterocycles. The lowest BCUT2D eigenvalue weighted by Crippen LogP contribution is -2.05. The fourth-order valence-corrected chi connectivity index (χ4v) is 3.09. The van der Waals surface area contributed by atoms with Gasteiger partial charge in [-0.2, -0.15) is 0 Å². The van der Waals surface area contributed by atoms with Gasteiger partial charge >= 0.3 is 7.60 Å². The highest BCUT2D eigenvalue weighted by Gasteiger charge is 2.27. The Labute approximate surface area is 140 Å². The molecule has 124 valence electrons. The Morgan fingerprint density at radius 3 is 1.58 bits per heavy atom. The summed E-state index contributed by atoms with van der Waals surface area (Å²) in [7, 11) is -3.82. The van der Waals surface area contributed by atoms with E-state index in [1.54, 1.807) is 36.4 Å². The van der Waals surface area contributed by atoms with Gasteiger partial charge < -0.3 is 9.05 Å². The topological polar surface area (TPSA) is 69.7 Å². The Bertz CT molecular complexity index is 777. The van der Waals surface area contributed by atoms with Crippen LogP contribution in [0.4, 0.5) is 0 Å². The van der Waals surface area contributed by atoms with Crippen LogP contribution in [0, 0.1) is 0 Å². The number of para-hydroxylation sites is 2. The predicted octanol–water partition coefficient (Wildman–Crippen LogP) is 4.89. The van der Waals surface area contributed by atoms with Gasteiger partial charge in [0.25, 0.3) is 0 Å². The molecule has 0 fully saturated rings. The Balaban J connectivity index is 2.38. The molecule has 2 rings (SSSR count). The highest BCUT2D eigenvalue weighted by molar-refractivity contribution is 7.58. The largest absolute Gasteiger partial charge is 0.455 e. The summed E-state index contributed by atoms with van der Waals surface area (Å²) in [5.74, 6) is 0.846. The number of Topliss-reactive ketones (excluding diaryl/α,β-unsaturated/α-hetero) is 2. The second kappa shape index (κ2) is 7.28. The molecule has 24 heavy (non-hydrogen) atoms. The van der Waals surface area contributed by atoms with Crippen LogP contribution in [-0.4, -0.2) is 11.6 Å². The van der Waals surface area contributed by atoms with Gasteiger partial charge in [-0.1, -0.05) is 30.8 Å². The molecule has 0 aliphatic carbocycles. The summed E-state index contributed by atoms with van der Waals surface area (Å²) in [4.78, 5) is 23.3. The lowest BCUT2D eigenvalue weighted by molar-refractivity contribution is 0.100. The Morgan fingerprint density at radius 1 is 0.875 bits per heavy atom. The number of hydrogen-bond acceptors (Lipinski definition) is 5. The van der Waals surface area contributed by atoms with Crippen LogP contribution in [0.15, 0.2) is 60.9 Å². The van der Waals surface area contributed by atoms with Crippen LogP contribution in [0.2, 0.25) is 0 Å². The number of rotatable bonds is 7. The molecule has 0 atom stereocenters. The first-order chi connectivity index (χ1) is 11.4. The van der Waals surface area contributed by atoms with Crippen LogP contribution in [0.5, 0.6) is 11.5 Å². The van der Waals surface area contributed by atoms with Gasteiger partial charge in [0.15, 0.2) is 11.6 Å². The SMILES string of the molecule is C=CP(=O)(Oc1ccccc1C(C)=O)Oc1ccccc1C(C)=O. The van der Waals surface area contributed by atoms with E-state index in [2.05, 4.69) is 6.58 Å². The summed E-state index contributed by atoms with van der Waals surface area (Å²) in [6, 6.07) is 12.8. The van der Waals surface area contributed by atoms with E-state index in [0.29, 0.717) is 0 Å². The second-order valence-electron chi connectivity index (χ2n) is 5.01. The van der Waals surface area contributed by atoms with Crippen LogP contribution in [0.25, 0.3) is 0 Å². The summed E-state index contributed by atoms with van der Waals surface area (Å²) in [5, 5.41) is 0. The summed E-state index contributed by atoms with van der Waals surface area (Å²) in [6.07, 6.45) is 0. The lowest BCUT2D eigenvalue weighted by Gasteiger charge is -2.19. The van der Waals surface area contributed by atoms with E-state index in [4.69, 9.17) is 9.05 Å². The Kier molecular flexibility index (Phi) is 5.37. The maximum atomic E-state index is 12.9. The van der Waals surface area contributed by atoms with Crippen molar-refractivity contribution in [3.63, 3.8) is 0 Å². The van der Waals surface area contributed by atoms with Gasteiger partial charge in [-0.3, -0.25) is 9.59 Å². The first-order valence-electron chi connectivity index (χ1n) is 7.19. The van der Waals surface area contributed by atoms with Crippen molar-refractivity contribution < 1.29 is 23.2 Å². The quantitative estimate of drug-likeness (QED) is 0.528. The number of carbonyl (C=O) groups excluding carboxylic acids is 2.